The molecule has 0 unspecified atom stereocenters. The van der Waals surface area contributed by atoms with Gasteiger partial charge in [-0.15, -0.1) is 0 Å². The topological polar surface area (TPSA) is 42.9 Å². The van der Waals surface area contributed by atoms with Crippen LogP contribution in [0.2, 0.25) is 0 Å². The number of aryl methyl sites for hydroxylation is 2. The maximum absolute atomic E-state index is 5.88. The summed E-state index contributed by atoms with van der Waals surface area (Å²) in [7, 11) is 0. The van der Waals surface area contributed by atoms with E-state index in [1.165, 1.54) is 11.3 Å². The van der Waals surface area contributed by atoms with Gasteiger partial charge in [0, 0.05) is 25.8 Å². The summed E-state index contributed by atoms with van der Waals surface area (Å²) >= 11 is 0. The molecule has 0 saturated carbocycles. The minimum absolute atomic E-state index is 0.0124. The van der Waals surface area contributed by atoms with Gasteiger partial charge in [-0.25, -0.2) is 4.98 Å². The molecule has 4 rings (SSSR count). The maximum atomic E-state index is 5.88. The highest BCUT2D eigenvalue weighted by Gasteiger charge is 2.25. The molecule has 1 atom stereocenters. The summed E-state index contributed by atoms with van der Waals surface area (Å²) in [6, 6.07) is 8.17. The number of hydrogen-bond acceptors (Lipinski definition) is 4. The molecule has 0 amide bonds. The Bertz CT molecular complexity index is 821. The lowest BCUT2D eigenvalue weighted by Gasteiger charge is -2.31. The summed E-state index contributed by atoms with van der Waals surface area (Å²) in [5, 5.41) is 0. The molecule has 0 aliphatic carbocycles. The number of aromatic nitrogens is 2. The molecule has 1 aliphatic rings. The van der Waals surface area contributed by atoms with Crippen LogP contribution in [0.3, 0.4) is 0 Å². The van der Waals surface area contributed by atoms with Crippen LogP contribution in [0.4, 0.5) is 0 Å². The summed E-state index contributed by atoms with van der Waals surface area (Å²) in [4.78, 5) is 6.95. The van der Waals surface area contributed by atoms with Crippen molar-refractivity contribution >= 4 is 5.65 Å². The molecular formula is C18H21N3O2. The highest BCUT2D eigenvalue weighted by Crippen LogP contribution is 2.25. The van der Waals surface area contributed by atoms with Crippen LogP contribution >= 0.6 is 0 Å². The molecule has 0 bridgehead atoms. The van der Waals surface area contributed by atoms with Gasteiger partial charge < -0.3 is 13.6 Å². The van der Waals surface area contributed by atoms with E-state index in [2.05, 4.69) is 39.5 Å². The molecule has 4 heterocycles. The van der Waals surface area contributed by atoms with Crippen LogP contribution in [0.15, 0.2) is 41.1 Å². The monoisotopic (exact) mass is 311 g/mol. The Hall–Kier alpha value is -2.11. The smallest absolute Gasteiger partial charge is 0.139 e. The molecule has 0 aromatic carbocycles. The average molecular weight is 311 g/mol. The van der Waals surface area contributed by atoms with Crippen molar-refractivity contribution in [1.82, 2.24) is 14.3 Å². The van der Waals surface area contributed by atoms with Gasteiger partial charge in [0.05, 0.1) is 18.5 Å². The van der Waals surface area contributed by atoms with E-state index in [0.717, 1.165) is 43.4 Å². The van der Waals surface area contributed by atoms with Crippen molar-refractivity contribution in [3.63, 3.8) is 0 Å². The minimum atomic E-state index is 0.0124. The highest BCUT2D eigenvalue weighted by atomic mass is 16.5. The van der Waals surface area contributed by atoms with E-state index in [1.807, 2.05) is 25.3 Å². The molecule has 3 aromatic heterocycles. The van der Waals surface area contributed by atoms with Crippen LogP contribution in [0.25, 0.3) is 5.65 Å². The zero-order valence-corrected chi connectivity index (χ0v) is 13.5. The van der Waals surface area contributed by atoms with E-state index in [-0.39, 0.29) is 6.10 Å². The summed E-state index contributed by atoms with van der Waals surface area (Å²) in [5.41, 5.74) is 3.44. The van der Waals surface area contributed by atoms with E-state index in [9.17, 15) is 0 Å². The first-order valence-corrected chi connectivity index (χ1v) is 8.02. The number of fused-ring (bicyclic) bond motifs is 1. The van der Waals surface area contributed by atoms with E-state index < -0.39 is 0 Å². The van der Waals surface area contributed by atoms with Crippen molar-refractivity contribution in [2.45, 2.75) is 26.5 Å². The second kappa shape index (κ2) is 5.83. The molecule has 1 fully saturated rings. The lowest BCUT2D eigenvalue weighted by molar-refractivity contribution is -0.0434. The van der Waals surface area contributed by atoms with Gasteiger partial charge in [0.2, 0.25) is 0 Å². The Morgan fingerprint density at radius 3 is 3.00 bits per heavy atom. The van der Waals surface area contributed by atoms with Gasteiger partial charge in [-0.3, -0.25) is 4.90 Å². The number of morpholine rings is 1. The molecule has 1 aliphatic heterocycles. The number of nitrogens with zero attached hydrogens (tertiary/aromatic N) is 3. The molecular weight excluding hydrogens is 290 g/mol. The maximum Gasteiger partial charge on any atom is 0.139 e. The zero-order chi connectivity index (χ0) is 15.8. The Morgan fingerprint density at radius 1 is 1.26 bits per heavy atom. The predicted molar refractivity (Wildman–Crippen MR) is 87.3 cm³/mol. The van der Waals surface area contributed by atoms with Crippen LogP contribution in [-0.4, -0.2) is 34.0 Å². The fraction of sp³-hybridized carbons (Fsp3) is 0.389. The number of pyridine rings is 1. The molecule has 23 heavy (non-hydrogen) atoms. The third kappa shape index (κ3) is 2.78. The van der Waals surface area contributed by atoms with E-state index in [0.29, 0.717) is 0 Å². The second-order valence-corrected chi connectivity index (χ2v) is 6.18. The first-order valence-electron chi connectivity index (χ1n) is 8.02. The summed E-state index contributed by atoms with van der Waals surface area (Å²) in [6.45, 7) is 7.41. The van der Waals surface area contributed by atoms with Crippen molar-refractivity contribution in [2.75, 3.05) is 19.7 Å². The molecule has 3 aromatic rings. The molecule has 120 valence electrons. The SMILES string of the molecule is Cc1ccc([C@@H]2CN(Cc3cnc4c(C)cccn34)CCO2)o1. The van der Waals surface area contributed by atoms with Gasteiger partial charge >= 0.3 is 0 Å². The fourth-order valence-electron chi connectivity index (χ4n) is 3.19. The third-order valence-corrected chi connectivity index (χ3v) is 4.42. The first kappa shape index (κ1) is 14.5. The minimum Gasteiger partial charge on any atom is -0.464 e. The lowest BCUT2D eigenvalue weighted by Crippen LogP contribution is -2.37. The number of furan rings is 1. The molecule has 0 radical (unpaired) electrons. The predicted octanol–water partition coefficient (Wildman–Crippen LogP) is 3.12. The van der Waals surface area contributed by atoms with Gasteiger partial charge in [-0.1, -0.05) is 6.07 Å². The normalized spacial score (nSPS) is 19.5. The van der Waals surface area contributed by atoms with E-state index >= 15 is 0 Å². The Labute approximate surface area is 135 Å². The van der Waals surface area contributed by atoms with Crippen molar-refractivity contribution < 1.29 is 9.15 Å². The Balaban J connectivity index is 1.52. The van der Waals surface area contributed by atoms with Gasteiger partial charge in [-0.2, -0.15) is 0 Å². The van der Waals surface area contributed by atoms with Crippen LogP contribution < -0.4 is 0 Å². The second-order valence-electron chi connectivity index (χ2n) is 6.18. The van der Waals surface area contributed by atoms with E-state index in [1.54, 1.807) is 0 Å². The van der Waals surface area contributed by atoms with Crippen molar-refractivity contribution in [2.24, 2.45) is 0 Å². The van der Waals surface area contributed by atoms with Gasteiger partial charge in [-0.05, 0) is 37.6 Å². The van der Waals surface area contributed by atoms with Crippen LogP contribution in [-0.2, 0) is 11.3 Å². The van der Waals surface area contributed by atoms with Crippen LogP contribution in [0.1, 0.15) is 28.9 Å². The fourth-order valence-corrected chi connectivity index (χ4v) is 3.19. The van der Waals surface area contributed by atoms with Gasteiger partial charge in [0.25, 0.3) is 0 Å². The first-order chi connectivity index (χ1) is 11.2. The average Bonchev–Trinajstić information content (AvgIpc) is 3.16. The molecule has 5 nitrogen and oxygen atoms in total. The Kier molecular flexibility index (Phi) is 3.67. The van der Waals surface area contributed by atoms with Crippen LogP contribution in [0.5, 0.6) is 0 Å². The number of ether oxygens (including phenoxy) is 1. The van der Waals surface area contributed by atoms with Crippen molar-refractivity contribution in [1.29, 1.82) is 0 Å². The number of hydrogen-bond donors (Lipinski definition) is 0. The van der Waals surface area contributed by atoms with Gasteiger partial charge in [0.1, 0.15) is 23.3 Å². The summed E-state index contributed by atoms with van der Waals surface area (Å²) in [6.07, 6.45) is 4.07. The molecule has 5 heteroatoms. The Morgan fingerprint density at radius 2 is 2.17 bits per heavy atom. The number of rotatable bonds is 3. The summed E-state index contributed by atoms with van der Waals surface area (Å²) in [5.74, 6) is 1.85. The molecule has 0 N–H and O–H groups in total. The lowest BCUT2D eigenvalue weighted by atomic mass is 10.2. The van der Waals surface area contributed by atoms with Crippen molar-refractivity contribution in [3.05, 3.63) is 59.4 Å². The van der Waals surface area contributed by atoms with E-state index in [4.69, 9.17) is 9.15 Å². The quantitative estimate of drug-likeness (QED) is 0.745. The largest absolute Gasteiger partial charge is 0.464 e. The molecule has 1 saturated heterocycles. The van der Waals surface area contributed by atoms with Crippen LogP contribution in [0, 0.1) is 13.8 Å². The third-order valence-electron chi connectivity index (χ3n) is 4.42. The van der Waals surface area contributed by atoms with Gasteiger partial charge in [0.15, 0.2) is 0 Å². The van der Waals surface area contributed by atoms with Crippen molar-refractivity contribution in [3.8, 4) is 0 Å². The molecule has 0 spiro atoms. The zero-order valence-electron chi connectivity index (χ0n) is 13.5. The number of imidazole rings is 1. The summed E-state index contributed by atoms with van der Waals surface area (Å²) < 4.78 is 13.8. The standard InChI is InChI=1S/C18H21N3O2/c1-13-4-3-7-21-15(10-19-18(13)21)11-20-8-9-22-17(12-20)16-6-5-14(2)23-16/h3-7,10,17H,8-9,11-12H2,1-2H3/t17-/m0/s1. The highest BCUT2D eigenvalue weighted by molar-refractivity contribution is 5.48.